The lowest BCUT2D eigenvalue weighted by Crippen LogP contribution is -2.19. The summed E-state index contributed by atoms with van der Waals surface area (Å²) in [6, 6.07) is 8.28. The Hall–Kier alpha value is -1.77. The topological polar surface area (TPSA) is 37.8 Å². The van der Waals surface area contributed by atoms with Crippen LogP contribution in [0.3, 0.4) is 0 Å². The molecule has 0 saturated heterocycles. The quantitative estimate of drug-likeness (QED) is 0.880. The van der Waals surface area contributed by atoms with E-state index < -0.39 is 0 Å². The number of rotatable bonds is 2. The minimum atomic E-state index is -0.0977. The van der Waals surface area contributed by atoms with Crippen LogP contribution in [0.1, 0.15) is 51.9 Å². The molecule has 1 heterocycles. The van der Waals surface area contributed by atoms with Crippen LogP contribution in [0, 0.1) is 6.92 Å². The third kappa shape index (κ3) is 2.58. The van der Waals surface area contributed by atoms with Gasteiger partial charge in [0.05, 0.1) is 11.3 Å². The molecule has 0 aliphatic heterocycles. The number of aromatic amines is 1. The summed E-state index contributed by atoms with van der Waals surface area (Å²) in [7, 11) is 0. The van der Waals surface area contributed by atoms with Crippen LogP contribution in [-0.4, -0.2) is 9.78 Å². The number of aryl methyl sites for hydroxylation is 1. The molecule has 2 rings (SSSR count). The first kappa shape index (κ1) is 14.6. The second kappa shape index (κ2) is 4.97. The zero-order valence-electron chi connectivity index (χ0n) is 13.2. The fourth-order valence-electron chi connectivity index (χ4n) is 2.35. The average Bonchev–Trinajstić information content (AvgIpc) is 2.68. The van der Waals surface area contributed by atoms with Crippen molar-refractivity contribution in [2.24, 2.45) is 0 Å². The van der Waals surface area contributed by atoms with E-state index in [1.54, 1.807) is 4.68 Å². The fraction of sp³-hybridized carbons (Fsp3) is 0.471. The molecule has 0 unspecified atom stereocenters. The Morgan fingerprint density at radius 2 is 1.65 bits per heavy atom. The van der Waals surface area contributed by atoms with Gasteiger partial charge in [0.15, 0.2) is 0 Å². The van der Waals surface area contributed by atoms with Crippen LogP contribution >= 0.6 is 0 Å². The minimum absolute atomic E-state index is 0.0637. The molecule has 108 valence electrons. The number of hydrogen-bond acceptors (Lipinski definition) is 1. The van der Waals surface area contributed by atoms with E-state index in [4.69, 9.17) is 0 Å². The Morgan fingerprint density at radius 3 is 2.10 bits per heavy atom. The van der Waals surface area contributed by atoms with Crippen LogP contribution in [0.15, 0.2) is 29.1 Å². The Kier molecular flexibility index (Phi) is 3.63. The maximum atomic E-state index is 12.7. The van der Waals surface area contributed by atoms with Crippen molar-refractivity contribution in [3.8, 4) is 11.1 Å². The van der Waals surface area contributed by atoms with E-state index in [0.717, 1.165) is 16.8 Å². The van der Waals surface area contributed by atoms with Gasteiger partial charge >= 0.3 is 0 Å². The number of nitrogens with one attached hydrogen (secondary N) is 1. The maximum absolute atomic E-state index is 12.7. The molecule has 1 aromatic heterocycles. The van der Waals surface area contributed by atoms with Crippen molar-refractivity contribution in [1.29, 1.82) is 0 Å². The van der Waals surface area contributed by atoms with Crippen LogP contribution < -0.4 is 5.56 Å². The SMILES string of the molecule is Cc1ccc(-c2c(C(C)(C)C)[nH]n(C(C)C)c2=O)cc1. The molecule has 0 radical (unpaired) electrons. The first-order chi connectivity index (χ1) is 9.21. The highest BCUT2D eigenvalue weighted by atomic mass is 16.1. The molecule has 0 spiro atoms. The summed E-state index contributed by atoms with van der Waals surface area (Å²) in [6.07, 6.45) is 0. The fourth-order valence-corrected chi connectivity index (χ4v) is 2.35. The van der Waals surface area contributed by atoms with Crippen LogP contribution in [-0.2, 0) is 5.41 Å². The maximum Gasteiger partial charge on any atom is 0.274 e. The lowest BCUT2D eigenvalue weighted by molar-refractivity contribution is 0.486. The molecular weight excluding hydrogens is 248 g/mol. The molecule has 1 N–H and O–H groups in total. The molecule has 20 heavy (non-hydrogen) atoms. The predicted octanol–water partition coefficient (Wildman–Crippen LogP) is 4.03. The second-order valence-corrected chi connectivity index (χ2v) is 6.75. The monoisotopic (exact) mass is 272 g/mol. The lowest BCUT2D eigenvalue weighted by atomic mass is 9.87. The highest BCUT2D eigenvalue weighted by Crippen LogP contribution is 2.30. The number of H-pyrrole nitrogens is 1. The van der Waals surface area contributed by atoms with Crippen molar-refractivity contribution < 1.29 is 0 Å². The Bertz CT molecular complexity index is 652. The highest BCUT2D eigenvalue weighted by Gasteiger charge is 2.26. The van der Waals surface area contributed by atoms with Gasteiger partial charge in [-0.25, -0.2) is 4.68 Å². The molecule has 2 aromatic rings. The van der Waals surface area contributed by atoms with Gasteiger partial charge in [-0.05, 0) is 26.3 Å². The van der Waals surface area contributed by atoms with Crippen molar-refractivity contribution in [2.75, 3.05) is 0 Å². The van der Waals surface area contributed by atoms with Gasteiger partial charge in [0.2, 0.25) is 0 Å². The molecule has 1 aromatic carbocycles. The standard InChI is InChI=1S/C17H24N2O/c1-11(2)19-16(20)14(15(18-19)17(4,5)6)13-9-7-12(3)8-10-13/h7-11,18H,1-6H3. The van der Waals surface area contributed by atoms with Gasteiger partial charge in [-0.3, -0.25) is 9.89 Å². The van der Waals surface area contributed by atoms with Crippen LogP contribution in [0.25, 0.3) is 11.1 Å². The molecule has 0 bridgehead atoms. The molecule has 3 nitrogen and oxygen atoms in total. The van der Waals surface area contributed by atoms with Crippen molar-refractivity contribution in [1.82, 2.24) is 9.78 Å². The third-order valence-electron chi connectivity index (χ3n) is 3.52. The molecule has 0 aliphatic rings. The Balaban J connectivity index is 2.73. The molecule has 0 amide bonds. The predicted molar refractivity (Wildman–Crippen MR) is 84.3 cm³/mol. The second-order valence-electron chi connectivity index (χ2n) is 6.75. The third-order valence-corrected chi connectivity index (χ3v) is 3.52. The van der Waals surface area contributed by atoms with Crippen molar-refractivity contribution in [2.45, 2.75) is 53.0 Å². The van der Waals surface area contributed by atoms with E-state index in [2.05, 4.69) is 32.8 Å². The molecule has 0 saturated carbocycles. The summed E-state index contributed by atoms with van der Waals surface area (Å²) >= 11 is 0. The highest BCUT2D eigenvalue weighted by molar-refractivity contribution is 5.66. The van der Waals surface area contributed by atoms with Crippen molar-refractivity contribution in [3.63, 3.8) is 0 Å². The van der Waals surface area contributed by atoms with Crippen LogP contribution in [0.4, 0.5) is 0 Å². The van der Waals surface area contributed by atoms with E-state index in [1.165, 1.54) is 5.56 Å². The van der Waals surface area contributed by atoms with Gasteiger partial charge in [-0.1, -0.05) is 50.6 Å². The Morgan fingerprint density at radius 1 is 1.10 bits per heavy atom. The van der Waals surface area contributed by atoms with Gasteiger partial charge < -0.3 is 0 Å². The largest absolute Gasteiger partial charge is 0.298 e. The zero-order chi connectivity index (χ0) is 15.1. The van der Waals surface area contributed by atoms with Gasteiger partial charge in [0.25, 0.3) is 5.56 Å². The van der Waals surface area contributed by atoms with E-state index in [0.29, 0.717) is 0 Å². The Labute approximate surface area is 120 Å². The van der Waals surface area contributed by atoms with Crippen molar-refractivity contribution >= 4 is 0 Å². The van der Waals surface area contributed by atoms with Gasteiger partial charge in [0.1, 0.15) is 0 Å². The number of nitrogens with zero attached hydrogens (tertiary/aromatic N) is 1. The van der Waals surface area contributed by atoms with Crippen LogP contribution in [0.2, 0.25) is 0 Å². The van der Waals surface area contributed by atoms with E-state index >= 15 is 0 Å². The van der Waals surface area contributed by atoms with Gasteiger partial charge in [0, 0.05) is 11.5 Å². The number of hydrogen-bond donors (Lipinski definition) is 1. The molecular formula is C17H24N2O. The minimum Gasteiger partial charge on any atom is -0.298 e. The van der Waals surface area contributed by atoms with Gasteiger partial charge in [-0.2, -0.15) is 0 Å². The first-order valence-electron chi connectivity index (χ1n) is 7.14. The summed E-state index contributed by atoms with van der Waals surface area (Å²) in [5, 5.41) is 3.31. The zero-order valence-corrected chi connectivity index (χ0v) is 13.2. The summed E-state index contributed by atoms with van der Waals surface area (Å²) in [6.45, 7) is 12.5. The summed E-state index contributed by atoms with van der Waals surface area (Å²) in [5.74, 6) is 0. The summed E-state index contributed by atoms with van der Waals surface area (Å²) < 4.78 is 1.72. The number of aromatic nitrogens is 2. The normalized spacial score (nSPS) is 12.2. The molecule has 0 atom stereocenters. The summed E-state index contributed by atoms with van der Waals surface area (Å²) in [5.41, 5.74) is 3.95. The molecule has 0 fully saturated rings. The summed E-state index contributed by atoms with van der Waals surface area (Å²) in [4.78, 5) is 12.7. The first-order valence-corrected chi connectivity index (χ1v) is 7.14. The van der Waals surface area contributed by atoms with Crippen LogP contribution in [0.5, 0.6) is 0 Å². The lowest BCUT2D eigenvalue weighted by Gasteiger charge is -2.18. The average molecular weight is 272 g/mol. The van der Waals surface area contributed by atoms with E-state index in [1.807, 2.05) is 38.1 Å². The smallest absolute Gasteiger partial charge is 0.274 e. The van der Waals surface area contributed by atoms with E-state index in [9.17, 15) is 4.79 Å². The molecule has 3 heteroatoms. The number of benzene rings is 1. The van der Waals surface area contributed by atoms with Crippen molar-refractivity contribution in [3.05, 3.63) is 45.9 Å². The molecule has 0 aliphatic carbocycles. The van der Waals surface area contributed by atoms with E-state index in [-0.39, 0.29) is 17.0 Å². The van der Waals surface area contributed by atoms with Gasteiger partial charge in [-0.15, -0.1) is 0 Å².